The lowest BCUT2D eigenvalue weighted by Gasteiger charge is -2.19. The maximum Gasteiger partial charge on any atom is 0.198 e. The highest BCUT2D eigenvalue weighted by Gasteiger charge is 2.17. The minimum Gasteiger partial charge on any atom is -0.311 e. The Morgan fingerprint density at radius 2 is 1.95 bits per heavy atom. The minimum absolute atomic E-state index is 0.605. The van der Waals surface area contributed by atoms with Crippen LogP contribution in [0.25, 0.3) is 11.6 Å². The van der Waals surface area contributed by atoms with Crippen molar-refractivity contribution in [3.8, 4) is 11.6 Å². The molecule has 1 N–H and O–H groups in total. The second-order valence-corrected chi connectivity index (χ2v) is 4.78. The molecule has 2 aromatic rings. The molecule has 0 unspecified atom stereocenters. The fraction of sp³-hybridized carbons (Fsp3) is 0.429. The van der Waals surface area contributed by atoms with E-state index in [0.29, 0.717) is 11.6 Å². The second-order valence-electron chi connectivity index (χ2n) is 4.78. The van der Waals surface area contributed by atoms with Crippen LogP contribution in [-0.4, -0.2) is 26.5 Å². The summed E-state index contributed by atoms with van der Waals surface area (Å²) in [6, 6.07) is 0. The Labute approximate surface area is 112 Å². The van der Waals surface area contributed by atoms with Crippen molar-refractivity contribution in [3.63, 3.8) is 0 Å². The highest BCUT2D eigenvalue weighted by Crippen LogP contribution is 2.19. The maximum absolute atomic E-state index is 4.64. The molecule has 0 aromatic carbocycles. The van der Waals surface area contributed by atoms with Crippen LogP contribution in [0.1, 0.15) is 29.4 Å². The van der Waals surface area contributed by atoms with Crippen molar-refractivity contribution in [2.45, 2.75) is 33.2 Å². The van der Waals surface area contributed by atoms with Crippen molar-refractivity contribution in [2.75, 3.05) is 6.54 Å². The summed E-state index contributed by atoms with van der Waals surface area (Å²) in [4.78, 5) is 17.9. The molecule has 0 radical (unpaired) electrons. The molecule has 98 valence electrons. The van der Waals surface area contributed by atoms with Gasteiger partial charge in [-0.2, -0.15) is 0 Å². The van der Waals surface area contributed by atoms with Crippen molar-refractivity contribution in [1.29, 1.82) is 0 Å². The van der Waals surface area contributed by atoms with Gasteiger partial charge in [0.05, 0.1) is 5.69 Å². The predicted octanol–water partition coefficient (Wildman–Crippen LogP) is 1.45. The largest absolute Gasteiger partial charge is 0.311 e. The van der Waals surface area contributed by atoms with E-state index in [2.05, 4.69) is 32.2 Å². The molecule has 5 nitrogen and oxygen atoms in total. The molecular formula is C14H17N5. The van der Waals surface area contributed by atoms with Gasteiger partial charge in [-0.15, -0.1) is 0 Å². The number of hydrogen-bond donors (Lipinski definition) is 1. The first-order valence-corrected chi connectivity index (χ1v) is 6.66. The lowest BCUT2D eigenvalue weighted by Crippen LogP contribution is -2.26. The first-order valence-electron chi connectivity index (χ1n) is 6.66. The van der Waals surface area contributed by atoms with Crippen LogP contribution in [0.4, 0.5) is 0 Å². The molecule has 0 bridgehead atoms. The summed E-state index contributed by atoms with van der Waals surface area (Å²) in [6.45, 7) is 5.91. The molecule has 1 aliphatic heterocycles. The molecule has 0 amide bonds. The number of fused-ring (bicyclic) bond motifs is 1. The lowest BCUT2D eigenvalue weighted by molar-refractivity contribution is 0.616. The van der Waals surface area contributed by atoms with Gasteiger partial charge in [-0.3, -0.25) is 0 Å². The molecule has 0 saturated carbocycles. The molecule has 3 heterocycles. The number of hydrogen-bond acceptors (Lipinski definition) is 5. The zero-order valence-electron chi connectivity index (χ0n) is 11.3. The maximum atomic E-state index is 4.64. The van der Waals surface area contributed by atoms with E-state index < -0.39 is 0 Å². The quantitative estimate of drug-likeness (QED) is 0.880. The Bertz CT molecular complexity index is 574. The number of aryl methyl sites for hydroxylation is 2. The summed E-state index contributed by atoms with van der Waals surface area (Å²) in [5.74, 6) is 1.24. The van der Waals surface area contributed by atoms with E-state index >= 15 is 0 Å². The van der Waals surface area contributed by atoms with Crippen LogP contribution in [0, 0.1) is 6.92 Å². The van der Waals surface area contributed by atoms with Crippen LogP contribution in [0.3, 0.4) is 0 Å². The van der Waals surface area contributed by atoms with Crippen LogP contribution in [-0.2, 0) is 19.4 Å². The fourth-order valence-electron chi connectivity index (χ4n) is 2.34. The van der Waals surface area contributed by atoms with Crippen molar-refractivity contribution in [3.05, 3.63) is 34.9 Å². The topological polar surface area (TPSA) is 63.6 Å². The van der Waals surface area contributed by atoms with E-state index in [4.69, 9.17) is 0 Å². The molecule has 19 heavy (non-hydrogen) atoms. The van der Waals surface area contributed by atoms with Gasteiger partial charge in [0.1, 0.15) is 0 Å². The molecule has 0 aliphatic carbocycles. The highest BCUT2D eigenvalue weighted by molar-refractivity contribution is 5.46. The van der Waals surface area contributed by atoms with Gasteiger partial charge in [0, 0.05) is 24.6 Å². The Hall–Kier alpha value is -1.88. The molecule has 0 fully saturated rings. The standard InChI is InChI=1S/C14H17N5/c1-3-11-10-4-5-15-8-12(10)19-14(18-11)13-16-6-9(2)7-17-13/h6-7,15H,3-5,8H2,1-2H3. The van der Waals surface area contributed by atoms with Gasteiger partial charge >= 0.3 is 0 Å². The third-order valence-corrected chi connectivity index (χ3v) is 3.34. The van der Waals surface area contributed by atoms with Gasteiger partial charge < -0.3 is 5.32 Å². The molecule has 0 spiro atoms. The summed E-state index contributed by atoms with van der Waals surface area (Å²) in [6.07, 6.45) is 5.53. The number of aromatic nitrogens is 4. The SMILES string of the molecule is CCc1nc(-c2ncc(C)cn2)nc2c1CCNC2. The van der Waals surface area contributed by atoms with Gasteiger partial charge in [-0.25, -0.2) is 19.9 Å². The summed E-state index contributed by atoms with van der Waals surface area (Å²) in [5, 5.41) is 3.35. The minimum atomic E-state index is 0.605. The molecule has 2 aromatic heterocycles. The monoisotopic (exact) mass is 255 g/mol. The van der Waals surface area contributed by atoms with E-state index in [-0.39, 0.29) is 0 Å². The van der Waals surface area contributed by atoms with E-state index in [9.17, 15) is 0 Å². The third-order valence-electron chi connectivity index (χ3n) is 3.34. The Kier molecular flexibility index (Phi) is 3.21. The first kappa shape index (κ1) is 12.2. The molecule has 3 rings (SSSR count). The van der Waals surface area contributed by atoms with Gasteiger partial charge in [0.2, 0.25) is 0 Å². The van der Waals surface area contributed by atoms with E-state index in [1.165, 1.54) is 5.56 Å². The van der Waals surface area contributed by atoms with Crippen LogP contribution in [0.15, 0.2) is 12.4 Å². The number of rotatable bonds is 2. The zero-order chi connectivity index (χ0) is 13.2. The van der Waals surface area contributed by atoms with Crippen molar-refractivity contribution < 1.29 is 0 Å². The summed E-state index contributed by atoms with van der Waals surface area (Å²) >= 11 is 0. The van der Waals surface area contributed by atoms with Gasteiger partial charge in [0.15, 0.2) is 11.6 Å². The van der Waals surface area contributed by atoms with Crippen molar-refractivity contribution in [2.24, 2.45) is 0 Å². The highest BCUT2D eigenvalue weighted by atomic mass is 15.0. The van der Waals surface area contributed by atoms with Crippen molar-refractivity contribution in [1.82, 2.24) is 25.3 Å². The van der Waals surface area contributed by atoms with Crippen LogP contribution in [0.2, 0.25) is 0 Å². The Morgan fingerprint density at radius 1 is 1.16 bits per heavy atom. The van der Waals surface area contributed by atoms with Crippen LogP contribution >= 0.6 is 0 Å². The normalized spacial score (nSPS) is 14.2. The van der Waals surface area contributed by atoms with E-state index in [0.717, 1.165) is 42.9 Å². The smallest absolute Gasteiger partial charge is 0.198 e. The van der Waals surface area contributed by atoms with Crippen LogP contribution < -0.4 is 5.32 Å². The average Bonchev–Trinajstić information content (AvgIpc) is 2.47. The first-order chi connectivity index (χ1) is 9.28. The lowest BCUT2D eigenvalue weighted by atomic mass is 10.0. The van der Waals surface area contributed by atoms with Crippen LogP contribution in [0.5, 0.6) is 0 Å². The van der Waals surface area contributed by atoms with Gasteiger partial charge in [-0.1, -0.05) is 6.92 Å². The predicted molar refractivity (Wildman–Crippen MR) is 72.6 cm³/mol. The summed E-state index contributed by atoms with van der Waals surface area (Å²) in [7, 11) is 0. The van der Waals surface area contributed by atoms with Gasteiger partial charge in [-0.05, 0) is 37.4 Å². The molecule has 1 aliphatic rings. The zero-order valence-corrected chi connectivity index (χ0v) is 11.3. The Morgan fingerprint density at radius 3 is 2.68 bits per heavy atom. The van der Waals surface area contributed by atoms with E-state index in [1.54, 1.807) is 12.4 Å². The molecule has 5 heteroatoms. The molecule has 0 atom stereocenters. The summed E-state index contributed by atoms with van der Waals surface area (Å²) in [5.41, 5.74) is 4.57. The fourth-order valence-corrected chi connectivity index (χ4v) is 2.34. The van der Waals surface area contributed by atoms with E-state index in [1.807, 2.05) is 6.92 Å². The third kappa shape index (κ3) is 2.33. The Balaban J connectivity index is 2.09. The summed E-state index contributed by atoms with van der Waals surface area (Å²) < 4.78 is 0. The van der Waals surface area contributed by atoms with Gasteiger partial charge in [0.25, 0.3) is 0 Å². The molecular weight excluding hydrogens is 238 g/mol. The second kappa shape index (κ2) is 5.01. The van der Waals surface area contributed by atoms with Crippen molar-refractivity contribution >= 4 is 0 Å². The number of nitrogens with one attached hydrogen (secondary N) is 1. The average molecular weight is 255 g/mol. The molecule has 0 saturated heterocycles. The number of nitrogens with zero attached hydrogens (tertiary/aromatic N) is 4.